The zero-order valence-electron chi connectivity index (χ0n) is 6.60. The number of aliphatic hydroxyl groups excluding tert-OH is 1. The highest BCUT2D eigenvalue weighted by molar-refractivity contribution is 5.57. The molecule has 64 valence electrons. The third-order valence-electron chi connectivity index (χ3n) is 2.11. The van der Waals surface area contributed by atoms with Gasteiger partial charge in [0.1, 0.15) is 5.82 Å². The maximum atomic E-state index is 13.2. The lowest BCUT2D eigenvalue weighted by Crippen LogP contribution is -1.94. The van der Waals surface area contributed by atoms with E-state index in [0.29, 0.717) is 11.3 Å². The molecule has 0 saturated carbocycles. The highest BCUT2D eigenvalue weighted by Gasteiger charge is 2.14. The number of nitrogens with one attached hydrogen (secondary N) is 1. The molecule has 0 spiro atoms. The van der Waals surface area contributed by atoms with Crippen LogP contribution in [0.3, 0.4) is 0 Å². The fourth-order valence-electron chi connectivity index (χ4n) is 1.53. The second kappa shape index (κ2) is 2.75. The number of halogens is 1. The zero-order valence-corrected chi connectivity index (χ0v) is 6.60. The third kappa shape index (κ3) is 1.06. The molecule has 0 bridgehead atoms. The number of benzene rings is 1. The molecule has 2 rings (SSSR count). The third-order valence-corrected chi connectivity index (χ3v) is 2.11. The molecule has 1 aromatic carbocycles. The number of hydrogen-bond acceptors (Lipinski definition) is 2. The molecular formula is C9H10FNO. The molecule has 0 radical (unpaired) electrons. The van der Waals surface area contributed by atoms with Crippen LogP contribution in [0.1, 0.15) is 11.1 Å². The van der Waals surface area contributed by atoms with Gasteiger partial charge in [0.25, 0.3) is 0 Å². The number of anilines is 1. The standard InChI is InChI=1S/C9H10FNO/c10-8-4-6(5-12)3-7-1-2-11-9(7)8/h3-4,11-12H,1-2,5H2. The van der Waals surface area contributed by atoms with E-state index in [1.807, 2.05) is 6.07 Å². The van der Waals surface area contributed by atoms with E-state index in [0.717, 1.165) is 18.5 Å². The van der Waals surface area contributed by atoms with Crippen LogP contribution >= 0.6 is 0 Å². The van der Waals surface area contributed by atoms with Crippen molar-refractivity contribution >= 4 is 5.69 Å². The fraction of sp³-hybridized carbons (Fsp3) is 0.333. The average Bonchev–Trinajstić information content (AvgIpc) is 2.52. The Hall–Kier alpha value is -1.09. The van der Waals surface area contributed by atoms with E-state index in [1.54, 1.807) is 0 Å². The van der Waals surface area contributed by atoms with Crippen LogP contribution in [0.4, 0.5) is 10.1 Å². The molecule has 1 heterocycles. The Morgan fingerprint density at radius 3 is 3.08 bits per heavy atom. The summed E-state index contributed by atoms with van der Waals surface area (Å²) in [4.78, 5) is 0. The Bertz CT molecular complexity index is 312. The van der Waals surface area contributed by atoms with Crippen LogP contribution in [0.15, 0.2) is 12.1 Å². The van der Waals surface area contributed by atoms with Gasteiger partial charge < -0.3 is 10.4 Å². The van der Waals surface area contributed by atoms with Crippen molar-refractivity contribution in [2.24, 2.45) is 0 Å². The minimum Gasteiger partial charge on any atom is -0.392 e. The molecule has 1 aromatic rings. The van der Waals surface area contributed by atoms with E-state index in [1.165, 1.54) is 6.07 Å². The second-order valence-electron chi connectivity index (χ2n) is 2.95. The van der Waals surface area contributed by atoms with Crippen LogP contribution in [0, 0.1) is 5.82 Å². The molecule has 0 saturated heterocycles. The lowest BCUT2D eigenvalue weighted by molar-refractivity contribution is 0.281. The number of hydrogen-bond donors (Lipinski definition) is 2. The SMILES string of the molecule is OCc1cc(F)c2c(c1)CCN2. The lowest BCUT2D eigenvalue weighted by atomic mass is 10.1. The van der Waals surface area contributed by atoms with Crippen molar-refractivity contribution < 1.29 is 9.50 Å². The Labute approximate surface area is 70.0 Å². The van der Waals surface area contributed by atoms with Gasteiger partial charge in [-0.3, -0.25) is 0 Å². The van der Waals surface area contributed by atoms with E-state index in [-0.39, 0.29) is 12.4 Å². The number of rotatable bonds is 1. The summed E-state index contributed by atoms with van der Waals surface area (Å²) in [5.74, 6) is -0.256. The molecule has 1 aliphatic heterocycles. The van der Waals surface area contributed by atoms with Crippen LogP contribution in [-0.4, -0.2) is 11.7 Å². The van der Waals surface area contributed by atoms with Crippen LogP contribution in [-0.2, 0) is 13.0 Å². The van der Waals surface area contributed by atoms with Crippen molar-refractivity contribution in [3.05, 3.63) is 29.1 Å². The molecule has 0 aromatic heterocycles. The summed E-state index contributed by atoms with van der Waals surface area (Å²) in [7, 11) is 0. The molecule has 12 heavy (non-hydrogen) atoms. The molecule has 3 heteroatoms. The predicted octanol–water partition coefficient (Wildman–Crippen LogP) is 1.29. The first-order chi connectivity index (χ1) is 5.81. The average molecular weight is 167 g/mol. The minimum absolute atomic E-state index is 0.0931. The summed E-state index contributed by atoms with van der Waals surface area (Å²) in [6, 6.07) is 3.22. The molecule has 2 N–H and O–H groups in total. The van der Waals surface area contributed by atoms with E-state index in [4.69, 9.17) is 5.11 Å². The summed E-state index contributed by atoms with van der Waals surface area (Å²) in [6.07, 6.45) is 0.847. The van der Waals surface area contributed by atoms with Crippen molar-refractivity contribution in [3.8, 4) is 0 Å². The van der Waals surface area contributed by atoms with E-state index in [2.05, 4.69) is 5.32 Å². The van der Waals surface area contributed by atoms with Gasteiger partial charge in [0.15, 0.2) is 0 Å². The Morgan fingerprint density at radius 2 is 2.33 bits per heavy atom. The van der Waals surface area contributed by atoms with Gasteiger partial charge in [-0.15, -0.1) is 0 Å². The summed E-state index contributed by atoms with van der Waals surface area (Å²) >= 11 is 0. The molecule has 2 nitrogen and oxygen atoms in total. The van der Waals surface area contributed by atoms with Crippen molar-refractivity contribution in [2.45, 2.75) is 13.0 Å². The fourth-order valence-corrected chi connectivity index (χ4v) is 1.53. The summed E-state index contributed by atoms with van der Waals surface area (Å²) in [6.45, 7) is 0.700. The van der Waals surface area contributed by atoms with Crippen LogP contribution < -0.4 is 5.32 Å². The molecule has 0 fully saturated rings. The first kappa shape index (κ1) is 7.55. The van der Waals surface area contributed by atoms with Gasteiger partial charge in [-0.25, -0.2) is 4.39 Å². The van der Waals surface area contributed by atoms with Gasteiger partial charge in [-0.2, -0.15) is 0 Å². The van der Waals surface area contributed by atoms with E-state index in [9.17, 15) is 4.39 Å². The summed E-state index contributed by atoms with van der Waals surface area (Å²) < 4.78 is 13.2. The zero-order chi connectivity index (χ0) is 8.55. The first-order valence-corrected chi connectivity index (χ1v) is 3.97. The Balaban J connectivity index is 2.51. The summed E-state index contributed by atoms with van der Waals surface area (Å²) in [5, 5.41) is 11.8. The second-order valence-corrected chi connectivity index (χ2v) is 2.95. The number of aliphatic hydroxyl groups is 1. The van der Waals surface area contributed by atoms with Gasteiger partial charge in [0.05, 0.1) is 12.3 Å². The van der Waals surface area contributed by atoms with Crippen LogP contribution in [0.5, 0.6) is 0 Å². The van der Waals surface area contributed by atoms with Gasteiger partial charge in [0.2, 0.25) is 0 Å². The summed E-state index contributed by atoms with van der Waals surface area (Å²) in [5.41, 5.74) is 2.22. The molecule has 0 aliphatic carbocycles. The van der Waals surface area contributed by atoms with Gasteiger partial charge in [0, 0.05) is 6.54 Å². The van der Waals surface area contributed by atoms with Crippen molar-refractivity contribution in [3.63, 3.8) is 0 Å². The molecule has 0 amide bonds. The molecule has 0 unspecified atom stereocenters. The predicted molar refractivity (Wildman–Crippen MR) is 44.5 cm³/mol. The highest BCUT2D eigenvalue weighted by Crippen LogP contribution is 2.26. The first-order valence-electron chi connectivity index (χ1n) is 3.97. The van der Waals surface area contributed by atoms with Gasteiger partial charge >= 0.3 is 0 Å². The normalized spacial score (nSPS) is 14.2. The lowest BCUT2D eigenvalue weighted by Gasteiger charge is -2.03. The van der Waals surface area contributed by atoms with Crippen molar-refractivity contribution in [1.29, 1.82) is 0 Å². The van der Waals surface area contributed by atoms with Crippen molar-refractivity contribution in [2.75, 3.05) is 11.9 Å². The number of fused-ring (bicyclic) bond motifs is 1. The monoisotopic (exact) mass is 167 g/mol. The van der Waals surface area contributed by atoms with E-state index < -0.39 is 0 Å². The smallest absolute Gasteiger partial charge is 0.146 e. The molecular weight excluding hydrogens is 157 g/mol. The Morgan fingerprint density at radius 1 is 1.50 bits per heavy atom. The van der Waals surface area contributed by atoms with Gasteiger partial charge in [-0.05, 0) is 23.6 Å². The molecule has 0 atom stereocenters. The Kier molecular flexibility index (Phi) is 1.73. The highest BCUT2D eigenvalue weighted by atomic mass is 19.1. The molecule has 1 aliphatic rings. The largest absolute Gasteiger partial charge is 0.392 e. The van der Waals surface area contributed by atoms with Crippen molar-refractivity contribution in [1.82, 2.24) is 0 Å². The minimum atomic E-state index is -0.256. The van der Waals surface area contributed by atoms with Crippen LogP contribution in [0.2, 0.25) is 0 Å². The topological polar surface area (TPSA) is 32.3 Å². The quantitative estimate of drug-likeness (QED) is 0.660. The van der Waals surface area contributed by atoms with E-state index >= 15 is 0 Å². The van der Waals surface area contributed by atoms with Gasteiger partial charge in [-0.1, -0.05) is 6.07 Å². The maximum Gasteiger partial charge on any atom is 0.146 e. The van der Waals surface area contributed by atoms with Crippen LogP contribution in [0.25, 0.3) is 0 Å². The maximum absolute atomic E-state index is 13.2.